The zero-order valence-corrected chi connectivity index (χ0v) is 13.9. The van der Waals surface area contributed by atoms with Crippen molar-refractivity contribution >= 4 is 46.6 Å². The molecule has 1 unspecified atom stereocenters. The molecule has 0 aliphatic heterocycles. The molecule has 1 atom stereocenters. The van der Waals surface area contributed by atoms with Crippen LogP contribution in [-0.4, -0.2) is 16.1 Å². The van der Waals surface area contributed by atoms with Crippen molar-refractivity contribution in [1.29, 1.82) is 0 Å². The Bertz CT molecular complexity index is 664. The Balaban J connectivity index is 2.06. The Morgan fingerprint density at radius 1 is 1.33 bits per heavy atom. The molecule has 6 heteroatoms. The van der Waals surface area contributed by atoms with E-state index in [1.807, 2.05) is 19.9 Å². The van der Waals surface area contributed by atoms with Crippen LogP contribution in [-0.2, 0) is 4.79 Å². The molecule has 110 valence electrons. The molecule has 2 rings (SSSR count). The second-order valence-corrected chi connectivity index (χ2v) is 6.67. The first kappa shape index (κ1) is 16.1. The Labute approximate surface area is 138 Å². The molecule has 1 amide bonds. The van der Waals surface area contributed by atoms with E-state index < -0.39 is 0 Å². The molecule has 1 N–H and O–H groups in total. The van der Waals surface area contributed by atoms with Gasteiger partial charge in [-0.2, -0.15) is 0 Å². The minimum atomic E-state index is -0.323. The van der Waals surface area contributed by atoms with Crippen molar-refractivity contribution in [1.82, 2.24) is 4.98 Å². The summed E-state index contributed by atoms with van der Waals surface area (Å²) in [6.07, 6.45) is 1.65. The molecular weight excluding hydrogens is 327 g/mol. The number of pyridine rings is 1. The van der Waals surface area contributed by atoms with E-state index in [1.54, 1.807) is 30.5 Å². The van der Waals surface area contributed by atoms with Gasteiger partial charge in [0.15, 0.2) is 0 Å². The van der Waals surface area contributed by atoms with Crippen molar-refractivity contribution in [2.24, 2.45) is 0 Å². The van der Waals surface area contributed by atoms with Crippen molar-refractivity contribution < 1.29 is 4.79 Å². The van der Waals surface area contributed by atoms with E-state index in [9.17, 15) is 4.79 Å². The van der Waals surface area contributed by atoms with Gasteiger partial charge in [-0.15, -0.1) is 0 Å². The van der Waals surface area contributed by atoms with Crippen LogP contribution < -0.4 is 5.32 Å². The van der Waals surface area contributed by atoms with Crippen LogP contribution in [0.2, 0.25) is 10.0 Å². The van der Waals surface area contributed by atoms with E-state index in [0.29, 0.717) is 20.8 Å². The summed E-state index contributed by atoms with van der Waals surface area (Å²) in [4.78, 5) is 16.4. The van der Waals surface area contributed by atoms with Gasteiger partial charge in [0.25, 0.3) is 0 Å². The van der Waals surface area contributed by atoms with E-state index >= 15 is 0 Å². The van der Waals surface area contributed by atoms with Crippen molar-refractivity contribution in [2.75, 3.05) is 5.32 Å². The molecule has 1 aromatic heterocycles. The highest BCUT2D eigenvalue weighted by Crippen LogP contribution is 2.29. The molecular formula is C15H14Cl2N2OS. The fourth-order valence-electron chi connectivity index (χ4n) is 1.64. The van der Waals surface area contributed by atoms with Crippen LogP contribution in [0.1, 0.15) is 12.5 Å². The fourth-order valence-corrected chi connectivity index (χ4v) is 2.87. The number of hydrogen-bond donors (Lipinski definition) is 1. The van der Waals surface area contributed by atoms with E-state index in [0.717, 1.165) is 5.56 Å². The number of anilines is 1. The first-order valence-corrected chi connectivity index (χ1v) is 7.95. The highest BCUT2D eigenvalue weighted by molar-refractivity contribution is 8.00. The van der Waals surface area contributed by atoms with Crippen LogP contribution in [0.15, 0.2) is 41.6 Å². The van der Waals surface area contributed by atoms with E-state index in [-0.39, 0.29) is 11.2 Å². The summed E-state index contributed by atoms with van der Waals surface area (Å²) in [6, 6.07) is 8.90. The van der Waals surface area contributed by atoms with Gasteiger partial charge in [0.1, 0.15) is 5.03 Å². The lowest BCUT2D eigenvalue weighted by Gasteiger charge is -2.13. The largest absolute Gasteiger partial charge is 0.325 e. The normalized spacial score (nSPS) is 12.0. The monoisotopic (exact) mass is 340 g/mol. The van der Waals surface area contributed by atoms with Gasteiger partial charge < -0.3 is 5.32 Å². The second kappa shape index (κ2) is 7.16. The molecule has 1 heterocycles. The average Bonchev–Trinajstić information content (AvgIpc) is 2.45. The fraction of sp³-hybridized carbons (Fsp3) is 0.200. The lowest BCUT2D eigenvalue weighted by Crippen LogP contribution is -2.23. The van der Waals surface area contributed by atoms with Crippen LogP contribution in [0.4, 0.5) is 5.69 Å². The number of hydrogen-bond acceptors (Lipinski definition) is 3. The molecule has 0 bridgehead atoms. The van der Waals surface area contributed by atoms with Crippen LogP contribution in [0, 0.1) is 6.92 Å². The summed E-state index contributed by atoms with van der Waals surface area (Å²) in [5.41, 5.74) is 1.67. The molecule has 0 spiro atoms. The van der Waals surface area contributed by atoms with Crippen molar-refractivity contribution in [3.05, 3.63) is 52.1 Å². The highest BCUT2D eigenvalue weighted by atomic mass is 35.5. The minimum absolute atomic E-state index is 0.118. The maximum Gasteiger partial charge on any atom is 0.237 e. The number of aromatic nitrogens is 1. The Morgan fingerprint density at radius 2 is 2.10 bits per heavy atom. The maximum absolute atomic E-state index is 12.2. The van der Waals surface area contributed by atoms with Crippen LogP contribution in [0.3, 0.4) is 0 Å². The lowest BCUT2D eigenvalue weighted by atomic mass is 10.2. The van der Waals surface area contributed by atoms with E-state index in [2.05, 4.69) is 10.3 Å². The molecule has 21 heavy (non-hydrogen) atoms. The summed E-state index contributed by atoms with van der Waals surface area (Å²) in [5, 5.41) is 4.32. The summed E-state index contributed by atoms with van der Waals surface area (Å²) in [5.74, 6) is -0.118. The van der Waals surface area contributed by atoms with Gasteiger partial charge >= 0.3 is 0 Å². The average molecular weight is 341 g/mol. The highest BCUT2D eigenvalue weighted by Gasteiger charge is 2.17. The number of amides is 1. The summed E-state index contributed by atoms with van der Waals surface area (Å²) < 4.78 is 0. The number of rotatable bonds is 4. The first-order valence-electron chi connectivity index (χ1n) is 6.31. The molecule has 0 saturated heterocycles. The number of thioether (sulfide) groups is 1. The van der Waals surface area contributed by atoms with Crippen LogP contribution >= 0.6 is 35.0 Å². The lowest BCUT2D eigenvalue weighted by molar-refractivity contribution is -0.115. The number of halogens is 2. The summed E-state index contributed by atoms with van der Waals surface area (Å²) in [7, 11) is 0. The van der Waals surface area contributed by atoms with E-state index in [1.165, 1.54) is 11.8 Å². The molecule has 2 aromatic rings. The quantitative estimate of drug-likeness (QED) is 0.811. The second-order valence-electron chi connectivity index (χ2n) is 4.50. The van der Waals surface area contributed by atoms with Gasteiger partial charge in [-0.1, -0.05) is 41.0 Å². The number of aryl methyl sites for hydroxylation is 1. The summed E-state index contributed by atoms with van der Waals surface area (Å²) in [6.45, 7) is 3.73. The molecule has 0 aliphatic carbocycles. The molecule has 1 aromatic carbocycles. The topological polar surface area (TPSA) is 42.0 Å². The first-order chi connectivity index (χ1) is 9.97. The minimum Gasteiger partial charge on any atom is -0.325 e. The molecule has 0 saturated carbocycles. The van der Waals surface area contributed by atoms with Crippen molar-refractivity contribution in [3.8, 4) is 0 Å². The Morgan fingerprint density at radius 3 is 2.81 bits per heavy atom. The van der Waals surface area contributed by atoms with Crippen molar-refractivity contribution in [2.45, 2.75) is 24.1 Å². The zero-order chi connectivity index (χ0) is 15.4. The van der Waals surface area contributed by atoms with Gasteiger partial charge in [0.2, 0.25) is 5.91 Å². The third-order valence-electron chi connectivity index (χ3n) is 2.84. The number of carbonyl (C=O) groups is 1. The smallest absolute Gasteiger partial charge is 0.237 e. The van der Waals surface area contributed by atoms with Gasteiger partial charge in [-0.25, -0.2) is 4.98 Å². The number of carbonyl (C=O) groups excluding carboxylic acids is 1. The molecule has 0 aliphatic rings. The molecule has 3 nitrogen and oxygen atoms in total. The standard InChI is InChI=1S/C15H14Cl2N2OS/c1-9-5-6-11(16)8-13(9)19-14(20)10(2)21-15-12(17)4-3-7-18-15/h3-8,10H,1-2H3,(H,19,20). The third-order valence-corrected chi connectivity index (χ3v) is 4.61. The van der Waals surface area contributed by atoms with Gasteiger partial charge in [0, 0.05) is 16.9 Å². The molecule has 0 radical (unpaired) electrons. The van der Waals surface area contributed by atoms with Gasteiger partial charge in [-0.05, 0) is 43.7 Å². The third kappa shape index (κ3) is 4.37. The number of nitrogens with zero attached hydrogens (tertiary/aromatic N) is 1. The SMILES string of the molecule is Cc1ccc(Cl)cc1NC(=O)C(C)Sc1ncccc1Cl. The summed E-state index contributed by atoms with van der Waals surface area (Å²) >= 11 is 13.3. The Kier molecular flexibility index (Phi) is 5.51. The van der Waals surface area contributed by atoms with Gasteiger partial charge in [0.05, 0.1) is 10.3 Å². The van der Waals surface area contributed by atoms with Crippen LogP contribution in [0.5, 0.6) is 0 Å². The van der Waals surface area contributed by atoms with Crippen LogP contribution in [0.25, 0.3) is 0 Å². The number of nitrogens with one attached hydrogen (secondary N) is 1. The number of benzene rings is 1. The molecule has 0 fully saturated rings. The van der Waals surface area contributed by atoms with Gasteiger partial charge in [-0.3, -0.25) is 4.79 Å². The van der Waals surface area contributed by atoms with Crippen molar-refractivity contribution in [3.63, 3.8) is 0 Å². The van der Waals surface area contributed by atoms with E-state index in [4.69, 9.17) is 23.2 Å². The maximum atomic E-state index is 12.2. The predicted molar refractivity (Wildman–Crippen MR) is 89.4 cm³/mol. The predicted octanol–water partition coefficient (Wildman–Crippen LogP) is 4.82. The zero-order valence-electron chi connectivity index (χ0n) is 11.6. The Hall–Kier alpha value is -1.23.